The van der Waals surface area contributed by atoms with Gasteiger partial charge in [0.25, 0.3) is 0 Å². The number of aromatic nitrogens is 2. The quantitative estimate of drug-likeness (QED) is 0.751. The van der Waals surface area contributed by atoms with Crippen LogP contribution in [-0.4, -0.2) is 48.1 Å². The Bertz CT molecular complexity index is 447. The van der Waals surface area contributed by atoms with Crippen LogP contribution in [-0.2, 0) is 6.42 Å². The van der Waals surface area contributed by atoms with Gasteiger partial charge in [0.2, 0.25) is 0 Å². The molecule has 2 heterocycles. The largest absolute Gasteiger partial charge is 0.353 e. The van der Waals surface area contributed by atoms with Crippen LogP contribution in [0.2, 0.25) is 0 Å². The Balaban J connectivity index is 1.92. The molecular weight excluding hydrogens is 224 g/mol. The first-order chi connectivity index (χ1) is 8.84. The molecule has 4 heteroatoms. The molecule has 0 spiro atoms. The predicted octanol–water partition coefficient (Wildman–Crippen LogP) is 1.58. The highest BCUT2D eigenvalue weighted by molar-refractivity contribution is 5.66. The van der Waals surface area contributed by atoms with E-state index in [9.17, 15) is 0 Å². The van der Waals surface area contributed by atoms with E-state index in [4.69, 9.17) is 0 Å². The fraction of sp³-hybridized carbons (Fsp3) is 0.571. The predicted molar refractivity (Wildman–Crippen MR) is 73.7 cm³/mol. The first-order valence-electron chi connectivity index (χ1n) is 6.78. The summed E-state index contributed by atoms with van der Waals surface area (Å²) in [5.41, 5.74) is 2.47. The second kappa shape index (κ2) is 5.06. The lowest BCUT2D eigenvalue weighted by molar-refractivity contribution is 0.312. The molecule has 1 aliphatic heterocycles. The van der Waals surface area contributed by atoms with Crippen LogP contribution in [0, 0.1) is 0 Å². The Morgan fingerprint density at radius 3 is 2.78 bits per heavy atom. The first kappa shape index (κ1) is 11.7. The number of anilines is 1. The highest BCUT2D eigenvalue weighted by atomic mass is 15.3. The molecule has 0 bridgehead atoms. The molecule has 0 aromatic carbocycles. The number of fused-ring (bicyclic) bond motifs is 1. The van der Waals surface area contributed by atoms with E-state index in [1.165, 1.54) is 17.7 Å². The van der Waals surface area contributed by atoms with Gasteiger partial charge in [0.15, 0.2) is 0 Å². The van der Waals surface area contributed by atoms with Crippen molar-refractivity contribution in [3.05, 3.63) is 23.7 Å². The van der Waals surface area contributed by atoms with Crippen molar-refractivity contribution in [2.24, 2.45) is 0 Å². The Hall–Kier alpha value is -1.42. The fourth-order valence-corrected chi connectivity index (χ4v) is 2.65. The SMILES string of the molecule is CN1CCN(c2ncnc3c2C=CCCC3)CC1. The summed E-state index contributed by atoms with van der Waals surface area (Å²) in [4.78, 5) is 13.7. The van der Waals surface area contributed by atoms with Crippen LogP contribution < -0.4 is 4.90 Å². The zero-order valence-electron chi connectivity index (χ0n) is 11.0. The summed E-state index contributed by atoms with van der Waals surface area (Å²) in [6.07, 6.45) is 9.63. The van der Waals surface area contributed by atoms with Gasteiger partial charge in [-0.25, -0.2) is 9.97 Å². The topological polar surface area (TPSA) is 32.3 Å². The average Bonchev–Trinajstić information content (AvgIpc) is 2.64. The smallest absolute Gasteiger partial charge is 0.139 e. The van der Waals surface area contributed by atoms with Crippen LogP contribution in [0.3, 0.4) is 0 Å². The second-order valence-electron chi connectivity index (χ2n) is 5.14. The molecular formula is C14H20N4. The molecule has 0 atom stereocenters. The standard InChI is InChI=1S/C14H20N4/c1-17-7-9-18(10-8-17)14-12-5-3-2-4-6-13(12)15-11-16-14/h3,5,11H,2,4,6-10H2,1H3. The number of hydrogen-bond acceptors (Lipinski definition) is 4. The Labute approximate surface area is 108 Å². The van der Waals surface area contributed by atoms with Crippen LogP contribution in [0.25, 0.3) is 6.08 Å². The third-order valence-corrected chi connectivity index (χ3v) is 3.82. The van der Waals surface area contributed by atoms with E-state index in [-0.39, 0.29) is 0 Å². The molecule has 2 aliphatic rings. The van der Waals surface area contributed by atoms with Gasteiger partial charge in [-0.05, 0) is 26.3 Å². The minimum absolute atomic E-state index is 1.06. The maximum atomic E-state index is 4.53. The third-order valence-electron chi connectivity index (χ3n) is 3.82. The number of allylic oxidation sites excluding steroid dienone is 1. The molecule has 1 aromatic heterocycles. The zero-order valence-corrected chi connectivity index (χ0v) is 11.0. The highest BCUT2D eigenvalue weighted by Crippen LogP contribution is 2.25. The minimum Gasteiger partial charge on any atom is -0.353 e. The van der Waals surface area contributed by atoms with Gasteiger partial charge in [-0.3, -0.25) is 0 Å². The van der Waals surface area contributed by atoms with Crippen LogP contribution in [0.1, 0.15) is 24.1 Å². The Morgan fingerprint density at radius 2 is 1.94 bits per heavy atom. The van der Waals surface area contributed by atoms with E-state index < -0.39 is 0 Å². The molecule has 1 aliphatic carbocycles. The van der Waals surface area contributed by atoms with Gasteiger partial charge >= 0.3 is 0 Å². The normalized spacial score (nSPS) is 20.6. The molecule has 1 aromatic rings. The fourth-order valence-electron chi connectivity index (χ4n) is 2.65. The number of hydrogen-bond donors (Lipinski definition) is 0. The average molecular weight is 244 g/mol. The molecule has 0 amide bonds. The van der Waals surface area contributed by atoms with Crippen LogP contribution in [0.5, 0.6) is 0 Å². The molecule has 3 rings (SSSR count). The Morgan fingerprint density at radius 1 is 1.11 bits per heavy atom. The lowest BCUT2D eigenvalue weighted by atomic mass is 10.1. The molecule has 0 N–H and O–H groups in total. The molecule has 0 radical (unpaired) electrons. The van der Waals surface area contributed by atoms with Crippen molar-refractivity contribution in [3.63, 3.8) is 0 Å². The summed E-state index contributed by atoms with van der Waals surface area (Å²) in [6.45, 7) is 4.35. The van der Waals surface area contributed by atoms with Crippen molar-refractivity contribution in [1.82, 2.24) is 14.9 Å². The Kier molecular flexibility index (Phi) is 3.28. The van der Waals surface area contributed by atoms with Gasteiger partial charge in [-0.15, -0.1) is 0 Å². The second-order valence-corrected chi connectivity index (χ2v) is 5.14. The number of likely N-dealkylation sites (N-methyl/N-ethyl adjacent to an activating group) is 1. The highest BCUT2D eigenvalue weighted by Gasteiger charge is 2.20. The zero-order chi connectivity index (χ0) is 12.4. The molecule has 4 nitrogen and oxygen atoms in total. The van der Waals surface area contributed by atoms with Crippen LogP contribution in [0.4, 0.5) is 5.82 Å². The first-order valence-corrected chi connectivity index (χ1v) is 6.78. The van der Waals surface area contributed by atoms with E-state index in [1.807, 2.05) is 0 Å². The van der Waals surface area contributed by atoms with Gasteiger partial charge in [-0.1, -0.05) is 12.2 Å². The van der Waals surface area contributed by atoms with E-state index in [1.54, 1.807) is 6.33 Å². The number of aryl methyl sites for hydroxylation is 1. The van der Waals surface area contributed by atoms with E-state index in [0.29, 0.717) is 0 Å². The third kappa shape index (κ3) is 2.25. The van der Waals surface area contributed by atoms with Crippen LogP contribution in [0.15, 0.2) is 12.4 Å². The summed E-state index contributed by atoms with van der Waals surface area (Å²) < 4.78 is 0. The monoisotopic (exact) mass is 244 g/mol. The number of nitrogens with zero attached hydrogens (tertiary/aromatic N) is 4. The lowest BCUT2D eigenvalue weighted by Gasteiger charge is -2.34. The van der Waals surface area contributed by atoms with E-state index >= 15 is 0 Å². The molecule has 0 saturated carbocycles. The van der Waals surface area contributed by atoms with Gasteiger partial charge in [0.1, 0.15) is 12.1 Å². The van der Waals surface area contributed by atoms with E-state index in [2.05, 4.69) is 39.0 Å². The number of piperazine rings is 1. The summed E-state index contributed by atoms with van der Waals surface area (Å²) in [5.74, 6) is 1.13. The van der Waals surface area contributed by atoms with Crippen molar-refractivity contribution in [2.75, 3.05) is 38.1 Å². The minimum atomic E-state index is 1.06. The van der Waals surface area contributed by atoms with Crippen molar-refractivity contribution >= 4 is 11.9 Å². The number of rotatable bonds is 1. The molecule has 96 valence electrons. The van der Waals surface area contributed by atoms with Crippen molar-refractivity contribution < 1.29 is 0 Å². The molecule has 0 unspecified atom stereocenters. The van der Waals surface area contributed by atoms with Crippen molar-refractivity contribution in [2.45, 2.75) is 19.3 Å². The van der Waals surface area contributed by atoms with Gasteiger partial charge < -0.3 is 9.80 Å². The summed E-state index contributed by atoms with van der Waals surface area (Å²) in [7, 11) is 2.18. The summed E-state index contributed by atoms with van der Waals surface area (Å²) in [5, 5.41) is 0. The molecule has 1 saturated heterocycles. The summed E-state index contributed by atoms with van der Waals surface area (Å²) in [6, 6.07) is 0. The molecule has 1 fully saturated rings. The van der Waals surface area contributed by atoms with Crippen molar-refractivity contribution in [1.29, 1.82) is 0 Å². The lowest BCUT2D eigenvalue weighted by Crippen LogP contribution is -2.45. The molecule has 18 heavy (non-hydrogen) atoms. The van der Waals surface area contributed by atoms with Gasteiger partial charge in [-0.2, -0.15) is 0 Å². The maximum Gasteiger partial charge on any atom is 0.139 e. The summed E-state index contributed by atoms with van der Waals surface area (Å²) >= 11 is 0. The van der Waals surface area contributed by atoms with E-state index in [0.717, 1.165) is 44.8 Å². The van der Waals surface area contributed by atoms with Crippen LogP contribution >= 0.6 is 0 Å². The van der Waals surface area contributed by atoms with Gasteiger partial charge in [0.05, 0.1) is 5.69 Å². The van der Waals surface area contributed by atoms with Gasteiger partial charge in [0, 0.05) is 31.7 Å². The maximum absolute atomic E-state index is 4.53. The van der Waals surface area contributed by atoms with Crippen molar-refractivity contribution in [3.8, 4) is 0 Å².